The molecule has 0 saturated heterocycles. The molecule has 3 rings (SSSR count). The minimum absolute atomic E-state index is 0.185. The summed E-state index contributed by atoms with van der Waals surface area (Å²) in [6, 6.07) is 12.6. The number of benzene rings is 1. The lowest BCUT2D eigenvalue weighted by Crippen LogP contribution is -2.23. The van der Waals surface area contributed by atoms with Crippen LogP contribution in [0.4, 0.5) is 0 Å². The summed E-state index contributed by atoms with van der Waals surface area (Å²) in [5.41, 5.74) is 2.18. The normalized spacial score (nSPS) is 10.4. The van der Waals surface area contributed by atoms with Gasteiger partial charge in [-0.25, -0.2) is 0 Å². The molecule has 3 aromatic rings. The molecule has 0 aliphatic carbocycles. The van der Waals surface area contributed by atoms with Crippen molar-refractivity contribution in [3.63, 3.8) is 0 Å². The largest absolute Gasteiger partial charge is 0.490 e. The molecule has 0 atom stereocenters. The Balaban J connectivity index is 1.69. The molecule has 0 spiro atoms. The average molecular weight is 366 g/mol. The zero-order valence-corrected chi connectivity index (χ0v) is 15.4. The molecule has 1 amide bonds. The standard InChI is InChI=1S/C21H22N2O4/c1-3-25-19-8-7-16(13-20(19)26-4-2)21(24)23-14-15-9-10-22-17(12-15)18-6-5-11-27-18/h5-13H,3-4,14H2,1-2H3,(H,23,24). The summed E-state index contributed by atoms with van der Waals surface area (Å²) in [5.74, 6) is 1.70. The average Bonchev–Trinajstić information content (AvgIpc) is 3.23. The lowest BCUT2D eigenvalue weighted by atomic mass is 10.1. The summed E-state index contributed by atoms with van der Waals surface area (Å²) in [6.45, 7) is 5.21. The number of nitrogens with zero attached hydrogens (tertiary/aromatic N) is 1. The number of pyridine rings is 1. The second-order valence-corrected chi connectivity index (χ2v) is 5.74. The molecule has 0 fully saturated rings. The van der Waals surface area contributed by atoms with Gasteiger partial charge in [-0.3, -0.25) is 9.78 Å². The summed E-state index contributed by atoms with van der Waals surface area (Å²) >= 11 is 0. The third-order valence-electron chi connectivity index (χ3n) is 3.86. The fraction of sp³-hybridized carbons (Fsp3) is 0.238. The van der Waals surface area contributed by atoms with Crippen LogP contribution in [0.3, 0.4) is 0 Å². The Bertz CT molecular complexity index is 891. The van der Waals surface area contributed by atoms with Gasteiger partial charge < -0.3 is 19.2 Å². The van der Waals surface area contributed by atoms with E-state index in [1.165, 1.54) is 0 Å². The quantitative estimate of drug-likeness (QED) is 0.650. The number of carbonyl (C=O) groups excluding carboxylic acids is 1. The number of rotatable bonds is 8. The zero-order chi connectivity index (χ0) is 19.1. The highest BCUT2D eigenvalue weighted by molar-refractivity contribution is 5.94. The van der Waals surface area contributed by atoms with Gasteiger partial charge in [0, 0.05) is 18.3 Å². The van der Waals surface area contributed by atoms with E-state index in [0.717, 1.165) is 11.3 Å². The van der Waals surface area contributed by atoms with E-state index in [-0.39, 0.29) is 5.91 Å². The van der Waals surface area contributed by atoms with Crippen molar-refractivity contribution in [1.82, 2.24) is 10.3 Å². The van der Waals surface area contributed by atoms with Crippen molar-refractivity contribution in [3.8, 4) is 23.0 Å². The maximum absolute atomic E-state index is 12.5. The third-order valence-corrected chi connectivity index (χ3v) is 3.86. The van der Waals surface area contributed by atoms with Crippen molar-refractivity contribution in [3.05, 3.63) is 66.1 Å². The van der Waals surface area contributed by atoms with Gasteiger partial charge in [0.15, 0.2) is 17.3 Å². The Morgan fingerprint density at radius 2 is 1.89 bits per heavy atom. The predicted molar refractivity (Wildman–Crippen MR) is 102 cm³/mol. The highest BCUT2D eigenvalue weighted by Gasteiger charge is 2.12. The fourth-order valence-corrected chi connectivity index (χ4v) is 2.62. The van der Waals surface area contributed by atoms with Crippen LogP contribution in [0, 0.1) is 0 Å². The first kappa shape index (κ1) is 18.5. The van der Waals surface area contributed by atoms with Gasteiger partial charge in [-0.05, 0) is 61.9 Å². The molecule has 0 unspecified atom stereocenters. The summed E-state index contributed by atoms with van der Waals surface area (Å²) in [5, 5.41) is 2.91. The molecule has 0 bridgehead atoms. The first-order chi connectivity index (χ1) is 13.2. The number of furan rings is 1. The lowest BCUT2D eigenvalue weighted by molar-refractivity contribution is 0.0950. The number of hydrogen-bond acceptors (Lipinski definition) is 5. The van der Waals surface area contributed by atoms with Crippen LogP contribution in [0.1, 0.15) is 29.8 Å². The summed E-state index contributed by atoms with van der Waals surface area (Å²) in [7, 11) is 0. The highest BCUT2D eigenvalue weighted by Crippen LogP contribution is 2.28. The van der Waals surface area contributed by atoms with E-state index in [2.05, 4.69) is 10.3 Å². The van der Waals surface area contributed by atoms with Gasteiger partial charge in [-0.2, -0.15) is 0 Å². The number of nitrogens with one attached hydrogen (secondary N) is 1. The molecule has 2 heterocycles. The number of hydrogen-bond donors (Lipinski definition) is 1. The number of amides is 1. The van der Waals surface area contributed by atoms with Crippen molar-refractivity contribution in [1.29, 1.82) is 0 Å². The van der Waals surface area contributed by atoms with Crippen molar-refractivity contribution in [2.75, 3.05) is 13.2 Å². The molecule has 27 heavy (non-hydrogen) atoms. The Morgan fingerprint density at radius 3 is 2.63 bits per heavy atom. The summed E-state index contributed by atoms with van der Waals surface area (Å²) in [4.78, 5) is 16.8. The molecule has 140 valence electrons. The Labute approximate surface area is 158 Å². The molecular formula is C21H22N2O4. The summed E-state index contributed by atoms with van der Waals surface area (Å²) in [6.07, 6.45) is 3.30. The first-order valence-electron chi connectivity index (χ1n) is 8.88. The van der Waals surface area contributed by atoms with Gasteiger partial charge in [0.2, 0.25) is 0 Å². The highest BCUT2D eigenvalue weighted by atomic mass is 16.5. The van der Waals surface area contributed by atoms with Gasteiger partial charge in [0.05, 0.1) is 19.5 Å². The van der Waals surface area contributed by atoms with Gasteiger partial charge >= 0.3 is 0 Å². The molecule has 1 aromatic carbocycles. The van der Waals surface area contributed by atoms with Gasteiger partial charge in [-0.15, -0.1) is 0 Å². The fourth-order valence-electron chi connectivity index (χ4n) is 2.62. The van der Waals surface area contributed by atoms with Crippen molar-refractivity contribution >= 4 is 5.91 Å². The zero-order valence-electron chi connectivity index (χ0n) is 15.4. The molecule has 0 aliphatic rings. The van der Waals surface area contributed by atoms with E-state index >= 15 is 0 Å². The second-order valence-electron chi connectivity index (χ2n) is 5.74. The van der Waals surface area contributed by atoms with Crippen LogP contribution in [0.15, 0.2) is 59.3 Å². The smallest absolute Gasteiger partial charge is 0.251 e. The Morgan fingerprint density at radius 1 is 1.07 bits per heavy atom. The molecular weight excluding hydrogens is 344 g/mol. The van der Waals surface area contributed by atoms with E-state index in [0.29, 0.717) is 42.6 Å². The third kappa shape index (κ3) is 4.67. The first-order valence-corrected chi connectivity index (χ1v) is 8.88. The molecule has 0 radical (unpaired) electrons. The van der Waals surface area contributed by atoms with Crippen molar-refractivity contribution in [2.45, 2.75) is 20.4 Å². The number of ether oxygens (including phenoxy) is 2. The van der Waals surface area contributed by atoms with Crippen LogP contribution in [0.5, 0.6) is 11.5 Å². The monoisotopic (exact) mass is 366 g/mol. The van der Waals surface area contributed by atoms with Crippen LogP contribution in [0.25, 0.3) is 11.5 Å². The van der Waals surface area contributed by atoms with Crippen LogP contribution in [-0.2, 0) is 6.54 Å². The molecule has 6 nitrogen and oxygen atoms in total. The van der Waals surface area contributed by atoms with Crippen molar-refractivity contribution < 1.29 is 18.7 Å². The van der Waals surface area contributed by atoms with Gasteiger partial charge in [0.25, 0.3) is 5.91 Å². The summed E-state index contributed by atoms with van der Waals surface area (Å²) < 4.78 is 16.5. The van der Waals surface area contributed by atoms with Crippen LogP contribution in [0.2, 0.25) is 0 Å². The van der Waals surface area contributed by atoms with Crippen LogP contribution < -0.4 is 14.8 Å². The molecule has 6 heteroatoms. The topological polar surface area (TPSA) is 73.6 Å². The molecule has 0 aliphatic heterocycles. The van der Waals surface area contributed by atoms with Crippen molar-refractivity contribution in [2.24, 2.45) is 0 Å². The van der Waals surface area contributed by atoms with E-state index in [1.807, 2.05) is 38.1 Å². The van der Waals surface area contributed by atoms with Gasteiger partial charge in [-0.1, -0.05) is 0 Å². The van der Waals surface area contributed by atoms with Gasteiger partial charge in [0.1, 0.15) is 5.69 Å². The second kappa shape index (κ2) is 8.89. The van der Waals surface area contributed by atoms with Crippen LogP contribution >= 0.6 is 0 Å². The molecule has 0 saturated carbocycles. The van der Waals surface area contributed by atoms with E-state index in [9.17, 15) is 4.79 Å². The predicted octanol–water partition coefficient (Wildman–Crippen LogP) is 4.07. The molecule has 2 aromatic heterocycles. The number of aromatic nitrogens is 1. The van der Waals surface area contributed by atoms with E-state index in [4.69, 9.17) is 13.9 Å². The van der Waals surface area contributed by atoms with Crippen LogP contribution in [-0.4, -0.2) is 24.1 Å². The SMILES string of the molecule is CCOc1ccc(C(=O)NCc2ccnc(-c3ccco3)c2)cc1OCC. The molecule has 1 N–H and O–H groups in total. The van der Waals surface area contributed by atoms with E-state index in [1.54, 1.807) is 30.7 Å². The number of carbonyl (C=O) groups is 1. The van der Waals surface area contributed by atoms with E-state index < -0.39 is 0 Å². The minimum Gasteiger partial charge on any atom is -0.490 e. The maximum atomic E-state index is 12.5. The minimum atomic E-state index is -0.185. The Kier molecular flexibility index (Phi) is 6.10. The Hall–Kier alpha value is -3.28. The maximum Gasteiger partial charge on any atom is 0.251 e. The lowest BCUT2D eigenvalue weighted by Gasteiger charge is -2.12.